The second kappa shape index (κ2) is 6.22. The molecule has 2 rings (SSSR count). The van der Waals surface area contributed by atoms with E-state index in [-0.39, 0.29) is 12.5 Å². The van der Waals surface area contributed by atoms with Crippen LogP contribution in [0.25, 0.3) is 0 Å². The molecule has 1 aliphatic heterocycles. The third-order valence-electron chi connectivity index (χ3n) is 4.01. The van der Waals surface area contributed by atoms with Crippen LogP contribution < -0.4 is 4.74 Å². The Labute approximate surface area is 119 Å². The first-order chi connectivity index (χ1) is 9.52. The molecule has 5 nitrogen and oxygen atoms in total. The summed E-state index contributed by atoms with van der Waals surface area (Å²) in [5, 5.41) is 8.97. The molecule has 1 aliphatic rings. The van der Waals surface area contributed by atoms with Gasteiger partial charge in [0.2, 0.25) is 0 Å². The summed E-state index contributed by atoms with van der Waals surface area (Å²) in [6, 6.07) is 0.126. The van der Waals surface area contributed by atoms with E-state index < -0.39 is 5.97 Å². The fraction of sp³-hybridized carbons (Fsp3) is 0.600. The lowest BCUT2D eigenvalue weighted by molar-refractivity contribution is -0.138. The van der Waals surface area contributed by atoms with Gasteiger partial charge in [0, 0.05) is 29.9 Å². The minimum Gasteiger partial charge on any atom is -0.496 e. The number of aliphatic carboxylic acids is 1. The van der Waals surface area contributed by atoms with Crippen LogP contribution in [-0.4, -0.2) is 40.7 Å². The van der Waals surface area contributed by atoms with Crippen LogP contribution in [0.1, 0.15) is 36.1 Å². The molecule has 1 saturated heterocycles. The molecule has 1 fully saturated rings. The number of pyridine rings is 1. The predicted molar refractivity (Wildman–Crippen MR) is 75.9 cm³/mol. The molecule has 5 heteroatoms. The summed E-state index contributed by atoms with van der Waals surface area (Å²) in [4.78, 5) is 17.6. The first kappa shape index (κ1) is 14.8. The number of hydrogen-bond acceptors (Lipinski definition) is 4. The SMILES string of the molecule is COc1c(C)cnc(CN2CCCC2CC(=O)O)c1C. The Bertz CT molecular complexity index is 502. The van der Waals surface area contributed by atoms with Gasteiger partial charge >= 0.3 is 5.97 Å². The number of aromatic nitrogens is 1. The van der Waals surface area contributed by atoms with Crippen LogP contribution in [0.2, 0.25) is 0 Å². The molecule has 1 aromatic heterocycles. The number of methoxy groups -OCH3 is 1. The van der Waals surface area contributed by atoms with Crippen molar-refractivity contribution in [3.63, 3.8) is 0 Å². The van der Waals surface area contributed by atoms with Gasteiger partial charge in [0.25, 0.3) is 0 Å². The van der Waals surface area contributed by atoms with Gasteiger partial charge in [0.1, 0.15) is 5.75 Å². The van der Waals surface area contributed by atoms with Crippen LogP contribution in [-0.2, 0) is 11.3 Å². The third-order valence-corrected chi connectivity index (χ3v) is 4.01. The summed E-state index contributed by atoms with van der Waals surface area (Å²) in [6.45, 7) is 5.62. The van der Waals surface area contributed by atoms with Crippen molar-refractivity contribution >= 4 is 5.97 Å². The molecule has 1 unspecified atom stereocenters. The lowest BCUT2D eigenvalue weighted by Crippen LogP contribution is -2.31. The standard InChI is InChI=1S/C15H22N2O3/c1-10-8-16-13(11(2)15(10)20-3)9-17-6-4-5-12(17)7-14(18)19/h8,12H,4-7,9H2,1-3H3,(H,18,19). The summed E-state index contributed by atoms with van der Waals surface area (Å²) < 4.78 is 5.42. The topological polar surface area (TPSA) is 62.7 Å². The van der Waals surface area contributed by atoms with Gasteiger partial charge in [-0.2, -0.15) is 0 Å². The molecule has 20 heavy (non-hydrogen) atoms. The number of rotatable bonds is 5. The van der Waals surface area contributed by atoms with Crippen molar-refractivity contribution in [3.8, 4) is 5.75 Å². The minimum absolute atomic E-state index is 0.126. The fourth-order valence-electron chi connectivity index (χ4n) is 2.96. The van der Waals surface area contributed by atoms with Gasteiger partial charge in [-0.05, 0) is 33.2 Å². The molecule has 110 valence electrons. The highest BCUT2D eigenvalue weighted by Crippen LogP contribution is 2.27. The number of ether oxygens (including phenoxy) is 1. The van der Waals surface area contributed by atoms with Gasteiger partial charge in [-0.3, -0.25) is 14.7 Å². The Kier molecular flexibility index (Phi) is 4.60. The largest absolute Gasteiger partial charge is 0.496 e. The summed E-state index contributed by atoms with van der Waals surface area (Å²) in [5.41, 5.74) is 3.05. The Balaban J connectivity index is 2.15. The number of carboxylic acids is 1. The van der Waals surface area contributed by atoms with Crippen LogP contribution >= 0.6 is 0 Å². The minimum atomic E-state index is -0.729. The molecular weight excluding hydrogens is 256 g/mol. The number of carbonyl (C=O) groups is 1. The highest BCUT2D eigenvalue weighted by molar-refractivity contribution is 5.67. The van der Waals surface area contributed by atoms with E-state index in [0.717, 1.165) is 42.0 Å². The van der Waals surface area contributed by atoms with E-state index in [2.05, 4.69) is 9.88 Å². The van der Waals surface area contributed by atoms with Crippen LogP contribution in [0.3, 0.4) is 0 Å². The molecule has 0 amide bonds. The van der Waals surface area contributed by atoms with Gasteiger partial charge in [-0.15, -0.1) is 0 Å². The molecule has 1 aromatic rings. The molecule has 1 N–H and O–H groups in total. The molecule has 0 radical (unpaired) electrons. The molecule has 0 aliphatic carbocycles. The Hall–Kier alpha value is -1.62. The zero-order chi connectivity index (χ0) is 14.7. The van der Waals surface area contributed by atoms with Crippen LogP contribution in [0.5, 0.6) is 5.75 Å². The average molecular weight is 278 g/mol. The maximum Gasteiger partial charge on any atom is 0.304 e. The maximum absolute atomic E-state index is 10.9. The van der Waals surface area contributed by atoms with Crippen molar-refractivity contribution in [2.24, 2.45) is 0 Å². The molecule has 1 atom stereocenters. The van der Waals surface area contributed by atoms with Crippen LogP contribution in [0, 0.1) is 13.8 Å². The summed E-state index contributed by atoms with van der Waals surface area (Å²) in [6.07, 6.45) is 4.04. The highest BCUT2D eigenvalue weighted by atomic mass is 16.5. The predicted octanol–water partition coefficient (Wildman–Crippen LogP) is 2.15. The lowest BCUT2D eigenvalue weighted by Gasteiger charge is -2.24. The van der Waals surface area contributed by atoms with E-state index in [9.17, 15) is 4.79 Å². The summed E-state index contributed by atoms with van der Waals surface area (Å²) >= 11 is 0. The fourth-order valence-corrected chi connectivity index (χ4v) is 2.96. The highest BCUT2D eigenvalue weighted by Gasteiger charge is 2.27. The normalized spacial score (nSPS) is 19.2. The number of carboxylic acid groups (broad SMARTS) is 1. The first-order valence-electron chi connectivity index (χ1n) is 6.97. The smallest absolute Gasteiger partial charge is 0.304 e. The van der Waals surface area contributed by atoms with E-state index in [1.807, 2.05) is 20.0 Å². The number of likely N-dealkylation sites (tertiary alicyclic amines) is 1. The third kappa shape index (κ3) is 3.10. The van der Waals surface area contributed by atoms with Gasteiger partial charge in [-0.25, -0.2) is 0 Å². The maximum atomic E-state index is 10.9. The lowest BCUT2D eigenvalue weighted by atomic mass is 10.1. The van der Waals surface area contributed by atoms with Crippen molar-refractivity contribution in [3.05, 3.63) is 23.0 Å². The van der Waals surface area contributed by atoms with Crippen molar-refractivity contribution in [1.82, 2.24) is 9.88 Å². The first-order valence-corrected chi connectivity index (χ1v) is 6.97. The molecule has 2 heterocycles. The van der Waals surface area contributed by atoms with Gasteiger partial charge in [-0.1, -0.05) is 0 Å². The Morgan fingerprint density at radius 1 is 1.55 bits per heavy atom. The van der Waals surface area contributed by atoms with E-state index >= 15 is 0 Å². The monoisotopic (exact) mass is 278 g/mol. The molecule has 0 bridgehead atoms. The zero-order valence-electron chi connectivity index (χ0n) is 12.3. The van der Waals surface area contributed by atoms with Gasteiger partial charge < -0.3 is 9.84 Å². The van der Waals surface area contributed by atoms with Crippen molar-refractivity contribution in [2.45, 2.75) is 45.7 Å². The van der Waals surface area contributed by atoms with Crippen LogP contribution in [0.4, 0.5) is 0 Å². The van der Waals surface area contributed by atoms with Crippen molar-refractivity contribution in [1.29, 1.82) is 0 Å². The Morgan fingerprint density at radius 3 is 2.95 bits per heavy atom. The zero-order valence-corrected chi connectivity index (χ0v) is 12.3. The number of hydrogen-bond donors (Lipinski definition) is 1. The quantitative estimate of drug-likeness (QED) is 0.894. The second-order valence-corrected chi connectivity index (χ2v) is 5.41. The van der Waals surface area contributed by atoms with E-state index in [1.165, 1.54) is 0 Å². The molecular formula is C15H22N2O3. The second-order valence-electron chi connectivity index (χ2n) is 5.41. The van der Waals surface area contributed by atoms with Crippen molar-refractivity contribution < 1.29 is 14.6 Å². The summed E-state index contributed by atoms with van der Waals surface area (Å²) in [5.74, 6) is 0.150. The number of nitrogens with zero attached hydrogens (tertiary/aromatic N) is 2. The van der Waals surface area contributed by atoms with Crippen LogP contribution in [0.15, 0.2) is 6.20 Å². The Morgan fingerprint density at radius 2 is 2.30 bits per heavy atom. The van der Waals surface area contributed by atoms with E-state index in [0.29, 0.717) is 6.54 Å². The summed E-state index contributed by atoms with van der Waals surface area (Å²) in [7, 11) is 1.67. The van der Waals surface area contributed by atoms with Crippen molar-refractivity contribution in [2.75, 3.05) is 13.7 Å². The average Bonchev–Trinajstić information content (AvgIpc) is 2.80. The van der Waals surface area contributed by atoms with E-state index in [1.54, 1.807) is 7.11 Å². The van der Waals surface area contributed by atoms with E-state index in [4.69, 9.17) is 9.84 Å². The van der Waals surface area contributed by atoms with Gasteiger partial charge in [0.05, 0.1) is 19.2 Å². The molecule has 0 saturated carbocycles. The molecule has 0 aromatic carbocycles. The number of aryl methyl sites for hydroxylation is 1. The molecule has 0 spiro atoms. The van der Waals surface area contributed by atoms with Gasteiger partial charge in [0.15, 0.2) is 0 Å².